The van der Waals surface area contributed by atoms with Crippen molar-refractivity contribution in [3.63, 3.8) is 0 Å². The van der Waals surface area contributed by atoms with Gasteiger partial charge in [0.05, 0.1) is 24.6 Å². The van der Waals surface area contributed by atoms with Crippen LogP contribution in [0.4, 0.5) is 11.8 Å². The molecule has 0 spiro atoms. The smallest absolute Gasteiger partial charge is 0.330 e. The molecule has 0 saturated heterocycles. The monoisotopic (exact) mass is 534 g/mol. The third kappa shape index (κ3) is 7.25. The van der Waals surface area contributed by atoms with Gasteiger partial charge in [-0.1, -0.05) is 46.5 Å². The maximum Gasteiger partial charge on any atom is 0.330 e. The number of anilines is 2. The van der Waals surface area contributed by atoms with Crippen molar-refractivity contribution < 1.29 is 28.7 Å². The second-order valence-corrected chi connectivity index (χ2v) is 8.44. The van der Waals surface area contributed by atoms with Gasteiger partial charge in [0.15, 0.2) is 22.5 Å². The first-order chi connectivity index (χ1) is 17.2. The predicted octanol–water partition coefficient (Wildman–Crippen LogP) is 4.08. The maximum atomic E-state index is 12.6. The molecule has 0 aliphatic heterocycles. The molecule has 1 aromatic heterocycles. The second-order valence-electron chi connectivity index (χ2n) is 7.70. The summed E-state index contributed by atoms with van der Waals surface area (Å²) in [6, 6.07) is 0. The normalized spacial score (nSPS) is 18.0. The summed E-state index contributed by atoms with van der Waals surface area (Å²) in [5, 5.41) is 5.59. The Kier molecular flexibility index (Phi) is 9.38. The van der Waals surface area contributed by atoms with Crippen molar-refractivity contribution in [2.75, 3.05) is 23.8 Å². The van der Waals surface area contributed by atoms with Crippen LogP contribution in [0.1, 0.15) is 39.5 Å². The molecule has 2 aliphatic carbocycles. The Balaban J connectivity index is 1.74. The summed E-state index contributed by atoms with van der Waals surface area (Å²) >= 11 is 12.4. The Morgan fingerprint density at radius 2 is 1.39 bits per heavy atom. The van der Waals surface area contributed by atoms with Crippen LogP contribution in [0.2, 0.25) is 10.2 Å². The highest BCUT2D eigenvalue weighted by atomic mass is 35.5. The van der Waals surface area contributed by atoms with Gasteiger partial charge < -0.3 is 20.1 Å². The van der Waals surface area contributed by atoms with Gasteiger partial charge in [0, 0.05) is 25.0 Å². The number of ether oxygens (including phenoxy) is 2. The van der Waals surface area contributed by atoms with Crippen LogP contribution in [-0.2, 0) is 28.7 Å². The lowest BCUT2D eigenvalue weighted by Crippen LogP contribution is -2.20. The van der Waals surface area contributed by atoms with Crippen molar-refractivity contribution in [3.8, 4) is 0 Å². The van der Waals surface area contributed by atoms with Gasteiger partial charge in [-0.2, -0.15) is 9.97 Å². The SMILES string of the molecule is CCOC(=O)C=C1CC=C(Nc2nc(Cl)c(Cl)c(NC3=CCC(=CC(=O)OCC)CC3=O)n2)C(=O)C1. The van der Waals surface area contributed by atoms with E-state index in [2.05, 4.69) is 20.6 Å². The number of aromatic nitrogens is 2. The van der Waals surface area contributed by atoms with E-state index < -0.39 is 11.9 Å². The Morgan fingerprint density at radius 3 is 1.86 bits per heavy atom. The number of esters is 2. The summed E-state index contributed by atoms with van der Waals surface area (Å²) in [5.74, 6) is -1.47. The molecule has 3 rings (SSSR count). The van der Waals surface area contributed by atoms with E-state index in [1.165, 1.54) is 12.2 Å². The van der Waals surface area contributed by atoms with Gasteiger partial charge in [-0.3, -0.25) is 9.59 Å². The summed E-state index contributed by atoms with van der Waals surface area (Å²) in [4.78, 5) is 56.7. The first-order valence-electron chi connectivity index (χ1n) is 11.2. The van der Waals surface area contributed by atoms with Crippen LogP contribution in [0.3, 0.4) is 0 Å². The average molecular weight is 535 g/mol. The molecule has 36 heavy (non-hydrogen) atoms. The molecule has 0 unspecified atom stereocenters. The molecule has 0 fully saturated rings. The quantitative estimate of drug-likeness (QED) is 0.285. The number of allylic oxidation sites excluding steroid dienone is 6. The molecular weight excluding hydrogens is 511 g/mol. The van der Waals surface area contributed by atoms with Crippen molar-refractivity contribution >= 4 is 58.5 Å². The zero-order valence-corrected chi connectivity index (χ0v) is 21.2. The lowest BCUT2D eigenvalue weighted by Gasteiger charge is -2.18. The zero-order valence-electron chi connectivity index (χ0n) is 19.7. The Labute approximate surface area is 217 Å². The molecule has 1 aromatic rings. The fraction of sp³-hybridized carbons (Fsp3) is 0.333. The number of carbonyl (C=O) groups excluding carboxylic acids is 4. The van der Waals surface area contributed by atoms with Crippen LogP contribution >= 0.6 is 23.2 Å². The van der Waals surface area contributed by atoms with Crippen molar-refractivity contribution in [2.24, 2.45) is 0 Å². The van der Waals surface area contributed by atoms with Gasteiger partial charge in [0.25, 0.3) is 0 Å². The number of hydrogen-bond acceptors (Lipinski definition) is 10. The van der Waals surface area contributed by atoms with Crippen LogP contribution in [0.25, 0.3) is 0 Å². The molecule has 0 radical (unpaired) electrons. The van der Waals surface area contributed by atoms with Gasteiger partial charge in [-0.15, -0.1) is 0 Å². The number of halogens is 2. The molecule has 0 saturated carbocycles. The maximum absolute atomic E-state index is 12.6. The standard InChI is InChI=1S/C24H24Cl2N4O6/c1-3-35-19(33)11-13-5-7-15(17(31)9-13)27-23-21(25)22(26)29-24(30-23)28-16-8-6-14(10-18(16)32)12-20(34)36-4-2/h7-8,11-12H,3-6,9-10H2,1-2H3,(H2,27,28,29,30). The molecule has 190 valence electrons. The van der Waals surface area contributed by atoms with E-state index >= 15 is 0 Å². The fourth-order valence-electron chi connectivity index (χ4n) is 3.41. The minimum atomic E-state index is -0.499. The number of ketones is 2. The molecule has 2 N–H and O–H groups in total. The molecule has 0 bridgehead atoms. The van der Waals surface area contributed by atoms with Crippen molar-refractivity contribution in [1.82, 2.24) is 9.97 Å². The average Bonchev–Trinajstić information content (AvgIpc) is 2.81. The summed E-state index contributed by atoms with van der Waals surface area (Å²) in [7, 11) is 0. The summed E-state index contributed by atoms with van der Waals surface area (Å²) in [6.07, 6.45) is 6.64. The molecule has 2 aliphatic rings. The van der Waals surface area contributed by atoms with Gasteiger partial charge in [0.2, 0.25) is 5.95 Å². The number of nitrogens with one attached hydrogen (secondary N) is 2. The van der Waals surface area contributed by atoms with E-state index in [0.29, 0.717) is 24.0 Å². The van der Waals surface area contributed by atoms with E-state index in [4.69, 9.17) is 32.7 Å². The van der Waals surface area contributed by atoms with Crippen molar-refractivity contribution in [3.05, 3.63) is 57.0 Å². The molecule has 12 heteroatoms. The number of hydrogen-bond donors (Lipinski definition) is 2. The van der Waals surface area contributed by atoms with Crippen molar-refractivity contribution in [1.29, 1.82) is 0 Å². The van der Waals surface area contributed by atoms with Crippen LogP contribution in [0.15, 0.2) is 46.8 Å². The van der Waals surface area contributed by atoms with E-state index in [1.807, 2.05) is 0 Å². The molecule has 0 atom stereocenters. The van der Waals surface area contributed by atoms with Gasteiger partial charge in [0.1, 0.15) is 5.02 Å². The molecular formula is C24H24Cl2N4O6. The third-order valence-corrected chi connectivity index (χ3v) is 5.77. The van der Waals surface area contributed by atoms with Crippen LogP contribution < -0.4 is 10.6 Å². The molecule has 0 aromatic carbocycles. The van der Waals surface area contributed by atoms with Gasteiger partial charge >= 0.3 is 11.9 Å². The predicted molar refractivity (Wildman–Crippen MR) is 133 cm³/mol. The van der Waals surface area contributed by atoms with Crippen molar-refractivity contribution in [2.45, 2.75) is 39.5 Å². The topological polar surface area (TPSA) is 137 Å². The second kappa shape index (κ2) is 12.5. The first-order valence-corrected chi connectivity index (χ1v) is 11.9. The molecule has 0 amide bonds. The molecule has 1 heterocycles. The highest BCUT2D eigenvalue weighted by molar-refractivity contribution is 6.42. The van der Waals surface area contributed by atoms with Gasteiger partial charge in [-0.25, -0.2) is 9.59 Å². The number of carbonyl (C=O) groups is 4. The zero-order chi connectivity index (χ0) is 26.2. The number of rotatable bonds is 8. The Bertz CT molecular complexity index is 1220. The van der Waals surface area contributed by atoms with E-state index in [9.17, 15) is 19.2 Å². The third-order valence-electron chi connectivity index (χ3n) is 5.04. The van der Waals surface area contributed by atoms with E-state index in [-0.39, 0.29) is 71.0 Å². The lowest BCUT2D eigenvalue weighted by atomic mass is 9.97. The van der Waals surface area contributed by atoms with E-state index in [0.717, 1.165) is 0 Å². The highest BCUT2D eigenvalue weighted by Gasteiger charge is 2.23. The fourth-order valence-corrected chi connectivity index (χ4v) is 3.71. The first kappa shape index (κ1) is 27.1. The van der Waals surface area contributed by atoms with Crippen LogP contribution in [-0.4, -0.2) is 46.7 Å². The Morgan fingerprint density at radius 1 is 0.889 bits per heavy atom. The summed E-state index contributed by atoms with van der Waals surface area (Å²) in [6.45, 7) is 3.89. The minimum absolute atomic E-state index is 0.00363. The largest absolute Gasteiger partial charge is 0.463 e. The van der Waals surface area contributed by atoms with Crippen LogP contribution in [0.5, 0.6) is 0 Å². The van der Waals surface area contributed by atoms with E-state index in [1.54, 1.807) is 26.0 Å². The van der Waals surface area contributed by atoms with Gasteiger partial charge in [-0.05, 0) is 26.7 Å². The Hall–Kier alpha value is -3.50. The van der Waals surface area contributed by atoms with Crippen LogP contribution in [0, 0.1) is 0 Å². The lowest BCUT2D eigenvalue weighted by molar-refractivity contribution is -0.138. The minimum Gasteiger partial charge on any atom is -0.463 e. The summed E-state index contributed by atoms with van der Waals surface area (Å²) in [5.41, 5.74) is 1.72. The number of Topliss-reactive ketones (excluding diaryl/α,β-unsaturated/α-hetero) is 2. The summed E-state index contributed by atoms with van der Waals surface area (Å²) < 4.78 is 9.75. The molecule has 10 nitrogen and oxygen atoms in total. The number of nitrogens with zero attached hydrogens (tertiary/aromatic N) is 2. The highest BCUT2D eigenvalue weighted by Crippen LogP contribution is 2.31.